The number of unbranched alkanes of at least 4 members (excludes halogenated alkanes) is 24. The summed E-state index contributed by atoms with van der Waals surface area (Å²) in [5.74, 6) is -0.962. The van der Waals surface area contributed by atoms with E-state index in [4.69, 9.17) is 29.0 Å². The highest BCUT2D eigenvalue weighted by atomic mass is 31.2. The Balaban J connectivity index is 1.77. The second-order valence-corrected chi connectivity index (χ2v) is 17.9. The zero-order valence-corrected chi connectivity index (χ0v) is 38.0. The number of nitrogens with two attached hydrogens (primary N) is 1. The van der Waals surface area contributed by atoms with E-state index < -0.39 is 63.2 Å². The van der Waals surface area contributed by atoms with Crippen LogP contribution in [-0.4, -0.2) is 69.6 Å². The number of hydrogen-bond acceptors (Lipinski definition) is 12. The van der Waals surface area contributed by atoms with Crippen LogP contribution < -0.4 is 11.4 Å². The number of ether oxygens (including phenoxy) is 3. The van der Waals surface area contributed by atoms with E-state index in [1.54, 1.807) is 0 Å². The van der Waals surface area contributed by atoms with E-state index in [-0.39, 0.29) is 30.8 Å². The van der Waals surface area contributed by atoms with Crippen molar-refractivity contribution in [1.82, 2.24) is 9.55 Å². The molecule has 60 heavy (non-hydrogen) atoms. The molecule has 14 nitrogen and oxygen atoms in total. The second kappa shape index (κ2) is 33.0. The van der Waals surface area contributed by atoms with Gasteiger partial charge in [-0.1, -0.05) is 175 Å². The number of nitrogens with zero attached hydrogens (tertiary/aromatic N) is 2. The van der Waals surface area contributed by atoms with Gasteiger partial charge in [-0.15, -0.1) is 0 Å². The van der Waals surface area contributed by atoms with Crippen molar-refractivity contribution in [1.29, 1.82) is 0 Å². The molecule has 1 aliphatic rings. The van der Waals surface area contributed by atoms with Gasteiger partial charge < -0.3 is 29.9 Å². The first-order valence-corrected chi connectivity index (χ1v) is 24.8. The monoisotopic (exact) mass is 870 g/mol. The zero-order valence-electron chi connectivity index (χ0n) is 37.1. The molecule has 0 bridgehead atoms. The van der Waals surface area contributed by atoms with Crippen molar-refractivity contribution in [2.75, 3.05) is 25.6 Å². The van der Waals surface area contributed by atoms with E-state index in [9.17, 15) is 28.9 Å². The van der Waals surface area contributed by atoms with Crippen LogP contribution in [0.1, 0.15) is 200 Å². The van der Waals surface area contributed by atoms with Gasteiger partial charge in [-0.05, 0) is 18.9 Å². The fourth-order valence-electron chi connectivity index (χ4n) is 7.27. The third kappa shape index (κ3) is 24.7. The number of aliphatic hydroxyl groups is 1. The lowest BCUT2D eigenvalue weighted by Gasteiger charge is -2.21. The lowest BCUT2D eigenvalue weighted by atomic mass is 10.0. The van der Waals surface area contributed by atoms with E-state index in [1.165, 1.54) is 128 Å². The summed E-state index contributed by atoms with van der Waals surface area (Å²) in [6.45, 7) is 6.72. The van der Waals surface area contributed by atoms with Crippen molar-refractivity contribution in [2.24, 2.45) is 0 Å². The second-order valence-electron chi connectivity index (χ2n) is 16.4. The molecule has 0 aromatic carbocycles. The zero-order chi connectivity index (χ0) is 43.9. The lowest BCUT2D eigenvalue weighted by molar-refractivity contribution is -0.161. The summed E-state index contributed by atoms with van der Waals surface area (Å²) in [5, 5.41) is 10.7. The first kappa shape index (κ1) is 53.5. The topological polar surface area (TPSA) is 199 Å². The maximum atomic E-state index is 12.9. The minimum atomic E-state index is -4.79. The van der Waals surface area contributed by atoms with E-state index >= 15 is 0 Å². The van der Waals surface area contributed by atoms with Crippen molar-refractivity contribution < 1.29 is 47.4 Å². The Bertz CT molecular complexity index is 1430. The largest absolute Gasteiger partial charge is 0.472 e. The molecule has 1 unspecified atom stereocenters. The summed E-state index contributed by atoms with van der Waals surface area (Å²) < 4.78 is 41.0. The highest BCUT2D eigenvalue weighted by Crippen LogP contribution is 2.45. The number of hydrogen-bond donors (Lipinski definition) is 3. The molecule has 0 amide bonds. The minimum absolute atomic E-state index is 0.00630. The van der Waals surface area contributed by atoms with Crippen LogP contribution in [0.25, 0.3) is 0 Å². The van der Waals surface area contributed by atoms with Gasteiger partial charge in [-0.25, -0.2) is 9.36 Å². The Morgan fingerprint density at radius 1 is 0.767 bits per heavy atom. The molecule has 2 rings (SSSR count). The number of aromatic nitrogens is 2. The third-order valence-electron chi connectivity index (χ3n) is 11.0. The van der Waals surface area contributed by atoms with Crippen molar-refractivity contribution >= 4 is 25.6 Å². The van der Waals surface area contributed by atoms with E-state index in [0.29, 0.717) is 12.8 Å². The molecular formula is C45H80N3O11P. The number of rotatable bonds is 38. The molecule has 346 valence electrons. The molecule has 4 N–H and O–H groups in total. The highest BCUT2D eigenvalue weighted by molar-refractivity contribution is 7.47. The van der Waals surface area contributed by atoms with Gasteiger partial charge in [-0.3, -0.25) is 23.2 Å². The quantitative estimate of drug-likeness (QED) is 0.0246. The van der Waals surface area contributed by atoms with Crippen LogP contribution in [0.2, 0.25) is 0 Å². The van der Waals surface area contributed by atoms with Crippen LogP contribution >= 0.6 is 7.82 Å². The molecule has 1 saturated heterocycles. The molecule has 0 radical (unpaired) electrons. The smallest absolute Gasteiger partial charge is 0.462 e. The number of anilines is 1. The predicted molar refractivity (Wildman–Crippen MR) is 235 cm³/mol. The molecule has 1 aromatic heterocycles. The third-order valence-corrected chi connectivity index (χ3v) is 11.9. The number of carbonyl (C=O) groups is 2. The Kier molecular flexibility index (Phi) is 29.5. The first-order chi connectivity index (χ1) is 29.0. The van der Waals surface area contributed by atoms with Gasteiger partial charge in [0, 0.05) is 24.6 Å². The molecule has 1 aliphatic heterocycles. The summed E-state index contributed by atoms with van der Waals surface area (Å²) in [4.78, 5) is 51.9. The van der Waals surface area contributed by atoms with Crippen molar-refractivity contribution in [3.05, 3.63) is 34.9 Å². The van der Waals surface area contributed by atoms with Gasteiger partial charge >= 0.3 is 25.5 Å². The van der Waals surface area contributed by atoms with Gasteiger partial charge in [0.2, 0.25) is 0 Å². The summed E-state index contributed by atoms with van der Waals surface area (Å²) in [6, 6.07) is 1.38. The molecular weight excluding hydrogens is 789 g/mol. The molecule has 0 saturated carbocycles. The number of aliphatic hydroxyl groups excluding tert-OH is 1. The number of esters is 2. The maximum absolute atomic E-state index is 12.9. The van der Waals surface area contributed by atoms with Crippen LogP contribution in [0.5, 0.6) is 0 Å². The van der Waals surface area contributed by atoms with Crippen LogP contribution in [0.3, 0.4) is 0 Å². The van der Waals surface area contributed by atoms with Crippen LogP contribution in [0, 0.1) is 0 Å². The first-order valence-electron chi connectivity index (χ1n) is 23.3. The average Bonchev–Trinajstić information content (AvgIpc) is 3.50. The van der Waals surface area contributed by atoms with Gasteiger partial charge in [0.25, 0.3) is 0 Å². The van der Waals surface area contributed by atoms with Crippen LogP contribution in [0.15, 0.2) is 29.2 Å². The van der Waals surface area contributed by atoms with Gasteiger partial charge in [0.1, 0.15) is 24.6 Å². The lowest BCUT2D eigenvalue weighted by Crippen LogP contribution is -2.30. The van der Waals surface area contributed by atoms with Crippen molar-refractivity contribution in [2.45, 2.75) is 218 Å². The maximum Gasteiger partial charge on any atom is 0.472 e. The summed E-state index contributed by atoms with van der Waals surface area (Å²) in [6.07, 6.45) is 27.7. The Labute approximate surface area is 360 Å². The fraction of sp³-hybridized carbons (Fsp3) is 0.822. The summed E-state index contributed by atoms with van der Waals surface area (Å²) in [5.41, 5.74) is 4.95. The van der Waals surface area contributed by atoms with Crippen molar-refractivity contribution in [3.63, 3.8) is 0 Å². The molecule has 1 fully saturated rings. The highest BCUT2D eigenvalue weighted by Gasteiger charge is 2.41. The molecule has 0 aliphatic carbocycles. The molecule has 5 atom stereocenters. The fourth-order valence-corrected chi connectivity index (χ4v) is 8.03. The standard InChI is InChI=1S/C45H80N3O11P/c1-4-6-8-10-12-14-16-18-20-22-24-26-28-30-41(49)55-34-38(58-42(50)31-29-27-25-23-21-19-17-15-13-11-9-7-5-2)35-56-60(53,54)57-36-39-43(51)37(3)44(59-39)48-33-32-40(46)47-45(48)52/h32-33,38-39,43-44,51H,3-31,34-36H2,1-2H3,(H,53,54)(H2,46,47,52)/t38-,39-,43+,44-/m1/s1. The van der Waals surface area contributed by atoms with Crippen LogP contribution in [-0.2, 0) is 37.4 Å². The van der Waals surface area contributed by atoms with Gasteiger partial charge in [-0.2, -0.15) is 4.98 Å². The molecule has 1 aromatic rings. The molecule has 15 heteroatoms. The Hall–Kier alpha value is -2.61. The normalized spacial score (nSPS) is 18.1. The molecule has 0 spiro atoms. The summed E-state index contributed by atoms with van der Waals surface area (Å²) in [7, 11) is -4.79. The molecule has 2 heterocycles. The summed E-state index contributed by atoms with van der Waals surface area (Å²) >= 11 is 0. The van der Waals surface area contributed by atoms with E-state index in [1.807, 2.05) is 0 Å². The van der Waals surface area contributed by atoms with E-state index in [0.717, 1.165) is 43.1 Å². The number of nitrogen functional groups attached to an aromatic ring is 1. The predicted octanol–water partition coefficient (Wildman–Crippen LogP) is 10.2. The number of phosphoric ester groups is 1. The average molecular weight is 870 g/mol. The Morgan fingerprint density at radius 3 is 1.68 bits per heavy atom. The Morgan fingerprint density at radius 2 is 1.22 bits per heavy atom. The minimum Gasteiger partial charge on any atom is -0.462 e. The number of carbonyl (C=O) groups excluding carboxylic acids is 2. The van der Waals surface area contributed by atoms with E-state index in [2.05, 4.69) is 25.4 Å². The van der Waals surface area contributed by atoms with Gasteiger partial charge in [0.05, 0.1) is 13.2 Å². The SMILES string of the molecule is C=C1[C@H](n2ccc(N)nc2=O)O[C@H](COP(=O)(O)OC[C@@H](COC(=O)CCCCCCCCCCCCCCC)OC(=O)CCCCCCCCCCCCCCC)[C@H]1O. The number of phosphoric acid groups is 1. The van der Waals surface area contributed by atoms with Crippen LogP contribution in [0.4, 0.5) is 5.82 Å². The van der Waals surface area contributed by atoms with Gasteiger partial charge in [0.15, 0.2) is 12.3 Å². The van der Waals surface area contributed by atoms with Crippen molar-refractivity contribution in [3.8, 4) is 0 Å².